The highest BCUT2D eigenvalue weighted by atomic mass is 35.6. The smallest absolute Gasteiger partial charge is 0.265 e. The molecule has 1 aliphatic heterocycles. The molecule has 0 aromatic heterocycles. The SMILES string of the molecule is N=C(OC1O[C@H](CO)[C@@H](O)[C@H](O)[C@H]1N)C(Cl)(Cl)Cl. The van der Waals surface area contributed by atoms with Gasteiger partial charge >= 0.3 is 0 Å². The van der Waals surface area contributed by atoms with E-state index in [0.29, 0.717) is 0 Å². The lowest BCUT2D eigenvalue weighted by Gasteiger charge is -2.40. The number of rotatable bonds is 2. The maximum absolute atomic E-state index is 9.62. The van der Waals surface area contributed by atoms with Crippen molar-refractivity contribution in [2.45, 2.75) is 34.4 Å². The van der Waals surface area contributed by atoms with E-state index in [-0.39, 0.29) is 0 Å². The van der Waals surface area contributed by atoms with Crippen molar-refractivity contribution in [3.8, 4) is 0 Å². The molecular formula is C8H13Cl3N2O5. The molecule has 0 aromatic carbocycles. The Balaban J connectivity index is 2.74. The number of hydrogen-bond donors (Lipinski definition) is 5. The molecule has 1 aliphatic rings. The molecule has 6 N–H and O–H groups in total. The van der Waals surface area contributed by atoms with Crippen LogP contribution in [0.25, 0.3) is 0 Å². The van der Waals surface area contributed by atoms with Gasteiger partial charge in [-0.15, -0.1) is 0 Å². The Labute approximate surface area is 118 Å². The minimum atomic E-state index is -2.10. The van der Waals surface area contributed by atoms with Gasteiger partial charge in [-0.3, -0.25) is 5.41 Å². The van der Waals surface area contributed by atoms with Gasteiger partial charge in [-0.05, 0) is 0 Å². The highest BCUT2D eigenvalue weighted by molar-refractivity contribution is 6.76. The number of alkyl halides is 3. The zero-order valence-electron chi connectivity index (χ0n) is 8.96. The molecule has 18 heavy (non-hydrogen) atoms. The number of ether oxygens (including phenoxy) is 2. The Morgan fingerprint density at radius 2 is 1.89 bits per heavy atom. The molecule has 0 aromatic rings. The Morgan fingerprint density at radius 3 is 2.33 bits per heavy atom. The average molecular weight is 324 g/mol. The highest BCUT2D eigenvalue weighted by Gasteiger charge is 2.45. The first-order valence-corrected chi connectivity index (χ1v) is 6.02. The van der Waals surface area contributed by atoms with Gasteiger partial charge in [0.25, 0.3) is 3.79 Å². The second kappa shape index (κ2) is 6.06. The summed E-state index contributed by atoms with van der Waals surface area (Å²) in [5.74, 6) is -0.742. The first kappa shape index (κ1) is 16.2. The van der Waals surface area contributed by atoms with E-state index in [1.54, 1.807) is 0 Å². The van der Waals surface area contributed by atoms with E-state index in [9.17, 15) is 10.2 Å². The molecule has 1 saturated heterocycles. The summed E-state index contributed by atoms with van der Waals surface area (Å²) < 4.78 is 7.85. The van der Waals surface area contributed by atoms with Crippen LogP contribution in [0.5, 0.6) is 0 Å². The van der Waals surface area contributed by atoms with Crippen LogP contribution in [0.15, 0.2) is 0 Å². The van der Waals surface area contributed by atoms with Gasteiger partial charge in [0.05, 0.1) is 12.6 Å². The molecule has 10 heteroatoms. The van der Waals surface area contributed by atoms with Crippen molar-refractivity contribution < 1.29 is 24.8 Å². The fraction of sp³-hybridized carbons (Fsp3) is 0.875. The van der Waals surface area contributed by atoms with E-state index in [1.807, 2.05) is 0 Å². The molecule has 5 atom stereocenters. The molecule has 0 saturated carbocycles. The molecule has 0 amide bonds. The molecule has 106 valence electrons. The molecule has 0 spiro atoms. The molecule has 1 fully saturated rings. The summed E-state index contributed by atoms with van der Waals surface area (Å²) in [4.78, 5) is 0. The van der Waals surface area contributed by atoms with Gasteiger partial charge in [0, 0.05) is 0 Å². The summed E-state index contributed by atoms with van der Waals surface area (Å²) in [6, 6.07) is -1.16. The number of nitrogens with one attached hydrogen (secondary N) is 1. The van der Waals surface area contributed by atoms with Gasteiger partial charge in [0.2, 0.25) is 12.2 Å². The second-order valence-electron chi connectivity index (χ2n) is 3.73. The second-order valence-corrected chi connectivity index (χ2v) is 6.01. The zero-order valence-corrected chi connectivity index (χ0v) is 11.2. The van der Waals surface area contributed by atoms with E-state index < -0.39 is 46.9 Å². The summed E-state index contributed by atoms with van der Waals surface area (Å²) in [5.41, 5.74) is 5.55. The number of hydrogen-bond acceptors (Lipinski definition) is 7. The molecule has 7 nitrogen and oxygen atoms in total. The van der Waals surface area contributed by atoms with Crippen molar-refractivity contribution in [3.63, 3.8) is 0 Å². The number of halogens is 3. The zero-order chi connectivity index (χ0) is 14.1. The number of aliphatic hydroxyl groups excluding tert-OH is 3. The maximum Gasteiger partial charge on any atom is 0.265 e. The predicted molar refractivity (Wildman–Crippen MR) is 64.8 cm³/mol. The third-order valence-corrected chi connectivity index (χ3v) is 2.93. The average Bonchev–Trinajstić information content (AvgIpc) is 2.28. The van der Waals surface area contributed by atoms with Gasteiger partial charge < -0.3 is 30.5 Å². The third-order valence-electron chi connectivity index (χ3n) is 2.42. The van der Waals surface area contributed by atoms with Crippen LogP contribution in [0.3, 0.4) is 0 Å². The summed E-state index contributed by atoms with van der Waals surface area (Å²) in [5, 5.41) is 35.4. The van der Waals surface area contributed by atoms with Crippen LogP contribution in [0.2, 0.25) is 0 Å². The molecule has 0 radical (unpaired) electrons. The Hall–Kier alpha value is 0.140. The summed E-state index contributed by atoms with van der Waals surface area (Å²) >= 11 is 16.2. The van der Waals surface area contributed by atoms with Crippen molar-refractivity contribution >= 4 is 40.7 Å². The quantitative estimate of drug-likeness (QED) is 0.255. The molecular weight excluding hydrogens is 310 g/mol. The fourth-order valence-electron chi connectivity index (χ4n) is 1.39. The van der Waals surface area contributed by atoms with Crippen LogP contribution >= 0.6 is 34.8 Å². The topological polar surface area (TPSA) is 129 Å². The lowest BCUT2D eigenvalue weighted by Crippen LogP contribution is -2.63. The fourth-order valence-corrected chi connectivity index (χ4v) is 1.53. The monoisotopic (exact) mass is 322 g/mol. The van der Waals surface area contributed by atoms with Gasteiger partial charge in [-0.1, -0.05) is 34.8 Å². The highest BCUT2D eigenvalue weighted by Crippen LogP contribution is 2.30. The van der Waals surface area contributed by atoms with Crippen molar-refractivity contribution in [1.82, 2.24) is 0 Å². The van der Waals surface area contributed by atoms with Crippen LogP contribution in [-0.2, 0) is 9.47 Å². The first-order valence-electron chi connectivity index (χ1n) is 4.89. The van der Waals surface area contributed by atoms with Crippen molar-refractivity contribution in [2.24, 2.45) is 5.73 Å². The van der Waals surface area contributed by atoms with E-state index >= 15 is 0 Å². The first-order chi connectivity index (χ1) is 8.18. The summed E-state index contributed by atoms with van der Waals surface area (Å²) in [6.07, 6.45) is -5.19. The summed E-state index contributed by atoms with van der Waals surface area (Å²) in [7, 11) is 0. The maximum atomic E-state index is 9.62. The van der Waals surface area contributed by atoms with Crippen molar-refractivity contribution in [2.75, 3.05) is 6.61 Å². The molecule has 0 bridgehead atoms. The van der Waals surface area contributed by atoms with Crippen LogP contribution in [0, 0.1) is 5.41 Å². The Kier molecular flexibility index (Phi) is 5.45. The molecule has 0 aliphatic carbocycles. The van der Waals surface area contributed by atoms with E-state index in [1.165, 1.54) is 0 Å². The predicted octanol–water partition coefficient (Wildman–Crippen LogP) is -0.883. The largest absolute Gasteiger partial charge is 0.446 e. The number of aliphatic hydroxyl groups is 3. The lowest BCUT2D eigenvalue weighted by atomic mass is 9.98. The van der Waals surface area contributed by atoms with E-state index in [2.05, 4.69) is 0 Å². The van der Waals surface area contributed by atoms with Crippen LogP contribution in [-0.4, -0.2) is 62.3 Å². The minimum absolute atomic E-state index is 0.564. The van der Waals surface area contributed by atoms with Gasteiger partial charge in [-0.2, -0.15) is 0 Å². The van der Waals surface area contributed by atoms with Gasteiger partial charge in [0.15, 0.2) is 0 Å². The van der Waals surface area contributed by atoms with Crippen LogP contribution in [0.4, 0.5) is 0 Å². The van der Waals surface area contributed by atoms with Crippen LogP contribution in [0.1, 0.15) is 0 Å². The van der Waals surface area contributed by atoms with Gasteiger partial charge in [-0.25, -0.2) is 0 Å². The van der Waals surface area contributed by atoms with E-state index in [4.69, 9.17) is 60.5 Å². The lowest BCUT2D eigenvalue weighted by molar-refractivity contribution is -0.243. The third kappa shape index (κ3) is 3.58. The van der Waals surface area contributed by atoms with Gasteiger partial charge in [0.1, 0.15) is 18.3 Å². The van der Waals surface area contributed by atoms with Crippen LogP contribution < -0.4 is 5.73 Å². The van der Waals surface area contributed by atoms with E-state index in [0.717, 1.165) is 0 Å². The standard InChI is InChI=1S/C8H13Cl3N2O5/c9-8(10,11)7(13)18-6-3(12)5(16)4(15)2(1-14)17-6/h2-6,13-16H,1,12H2/t2-,3-,4-,5-,6?/m1/s1. The van der Waals surface area contributed by atoms with Crippen molar-refractivity contribution in [1.29, 1.82) is 5.41 Å². The molecule has 1 unspecified atom stereocenters. The minimum Gasteiger partial charge on any atom is -0.446 e. The Morgan fingerprint density at radius 1 is 1.33 bits per heavy atom. The normalized spacial score (nSPS) is 37.4. The number of nitrogens with two attached hydrogens (primary N) is 1. The van der Waals surface area contributed by atoms with Crippen molar-refractivity contribution in [3.05, 3.63) is 0 Å². The molecule has 1 rings (SSSR count). The molecule has 1 heterocycles. The Bertz CT molecular complexity index is 312. The summed E-state index contributed by atoms with van der Waals surface area (Å²) in [6.45, 7) is -0.564.